The number of thioether (sulfide) groups is 1. The van der Waals surface area contributed by atoms with Gasteiger partial charge in [0.2, 0.25) is 15.0 Å². The summed E-state index contributed by atoms with van der Waals surface area (Å²) in [4.78, 5) is 0.598. The lowest BCUT2D eigenvalue weighted by Gasteiger charge is -2.06. The van der Waals surface area contributed by atoms with Crippen LogP contribution in [0.2, 0.25) is 0 Å². The maximum absolute atomic E-state index is 12.6. The van der Waals surface area contributed by atoms with Crippen molar-refractivity contribution in [1.82, 2.24) is 20.2 Å². The minimum atomic E-state index is -3.48. The Morgan fingerprint density at radius 3 is 2.12 bits per heavy atom. The molecular formula is C16H16N4O2S2. The number of nitrogens with zero attached hydrogens (tertiary/aromatic N) is 4. The average Bonchev–Trinajstić information content (AvgIpc) is 2.99. The van der Waals surface area contributed by atoms with Gasteiger partial charge in [-0.2, -0.15) is 0 Å². The minimum absolute atomic E-state index is 0.292. The lowest BCUT2D eigenvalue weighted by molar-refractivity contribution is 0.596. The van der Waals surface area contributed by atoms with Crippen LogP contribution in [0.1, 0.15) is 11.1 Å². The van der Waals surface area contributed by atoms with Gasteiger partial charge in [-0.3, -0.25) is 0 Å². The number of aryl methyl sites for hydroxylation is 2. The van der Waals surface area contributed by atoms with Gasteiger partial charge >= 0.3 is 0 Å². The summed E-state index contributed by atoms with van der Waals surface area (Å²) in [5.41, 5.74) is 2.03. The first-order valence-corrected chi connectivity index (χ1v) is 9.69. The molecule has 0 aliphatic heterocycles. The number of rotatable bonds is 5. The molecule has 6 nitrogen and oxygen atoms in total. The van der Waals surface area contributed by atoms with E-state index in [1.165, 1.54) is 11.8 Å². The Bertz CT molecular complexity index is 933. The smallest absolute Gasteiger partial charge is 0.209 e. The van der Waals surface area contributed by atoms with Crippen molar-refractivity contribution in [1.29, 1.82) is 0 Å². The SMILES string of the molecule is Cc1ccc(S(=O)(=O)c2ccc(CSc3nnnn3C)cc2)cc1. The van der Waals surface area contributed by atoms with E-state index in [9.17, 15) is 8.42 Å². The number of aromatic nitrogens is 4. The molecule has 3 aromatic rings. The third-order valence-corrected chi connectivity index (χ3v) is 6.38. The zero-order valence-electron chi connectivity index (χ0n) is 13.2. The van der Waals surface area contributed by atoms with Gasteiger partial charge in [-0.15, -0.1) is 5.10 Å². The zero-order chi connectivity index (χ0) is 17.2. The van der Waals surface area contributed by atoms with Gasteiger partial charge in [0.05, 0.1) is 9.79 Å². The van der Waals surface area contributed by atoms with Crippen molar-refractivity contribution < 1.29 is 8.42 Å². The minimum Gasteiger partial charge on any atom is -0.224 e. The van der Waals surface area contributed by atoms with Gasteiger partial charge in [0.25, 0.3) is 0 Å². The number of benzene rings is 2. The standard InChI is InChI=1S/C16H16N4O2S2/c1-12-3-7-14(8-4-12)24(21,22)15-9-5-13(6-10-15)11-23-16-17-18-19-20(16)2/h3-10H,11H2,1-2H3. The molecule has 1 heterocycles. The fourth-order valence-corrected chi connectivity index (χ4v) is 4.18. The Morgan fingerprint density at radius 1 is 1.00 bits per heavy atom. The van der Waals surface area contributed by atoms with Gasteiger partial charge in [0.15, 0.2) is 0 Å². The topological polar surface area (TPSA) is 77.7 Å². The molecule has 8 heteroatoms. The van der Waals surface area contributed by atoms with Crippen molar-refractivity contribution in [3.63, 3.8) is 0 Å². The summed E-state index contributed by atoms with van der Waals surface area (Å²) < 4.78 is 26.8. The second-order valence-electron chi connectivity index (χ2n) is 5.33. The van der Waals surface area contributed by atoms with E-state index in [4.69, 9.17) is 0 Å². The molecule has 0 aliphatic carbocycles. The summed E-state index contributed by atoms with van der Waals surface area (Å²) in [5.74, 6) is 0.666. The summed E-state index contributed by atoms with van der Waals surface area (Å²) in [6.45, 7) is 1.93. The van der Waals surface area contributed by atoms with Crippen LogP contribution in [-0.4, -0.2) is 28.6 Å². The van der Waals surface area contributed by atoms with Crippen molar-refractivity contribution in [3.05, 3.63) is 59.7 Å². The molecule has 0 aliphatic rings. The molecule has 0 radical (unpaired) electrons. The van der Waals surface area contributed by atoms with Gasteiger partial charge in [0.1, 0.15) is 0 Å². The lowest BCUT2D eigenvalue weighted by atomic mass is 10.2. The summed E-state index contributed by atoms with van der Waals surface area (Å²) in [6.07, 6.45) is 0. The first-order valence-electron chi connectivity index (χ1n) is 7.23. The molecule has 0 saturated carbocycles. The number of tetrazole rings is 1. The van der Waals surface area contributed by atoms with E-state index in [0.717, 1.165) is 11.1 Å². The number of hydrogen-bond acceptors (Lipinski definition) is 6. The molecule has 3 rings (SSSR count). The van der Waals surface area contributed by atoms with Crippen molar-refractivity contribution >= 4 is 21.6 Å². The first kappa shape index (κ1) is 16.7. The molecule has 0 bridgehead atoms. The molecular weight excluding hydrogens is 344 g/mol. The molecule has 0 unspecified atom stereocenters. The van der Waals surface area contributed by atoms with Crippen LogP contribution in [0.25, 0.3) is 0 Å². The van der Waals surface area contributed by atoms with E-state index in [1.807, 2.05) is 19.1 Å². The average molecular weight is 360 g/mol. The molecule has 2 aromatic carbocycles. The third-order valence-electron chi connectivity index (χ3n) is 3.51. The molecule has 0 fully saturated rings. The highest BCUT2D eigenvalue weighted by Gasteiger charge is 2.17. The summed E-state index contributed by atoms with van der Waals surface area (Å²) >= 11 is 1.50. The van der Waals surface area contributed by atoms with Crippen LogP contribution in [0.3, 0.4) is 0 Å². The second kappa shape index (κ2) is 6.74. The highest BCUT2D eigenvalue weighted by Crippen LogP contribution is 2.24. The van der Waals surface area contributed by atoms with E-state index in [2.05, 4.69) is 15.5 Å². The third kappa shape index (κ3) is 3.49. The summed E-state index contributed by atoms with van der Waals surface area (Å²) in [5, 5.41) is 12.0. The lowest BCUT2D eigenvalue weighted by Crippen LogP contribution is -2.02. The van der Waals surface area contributed by atoms with E-state index >= 15 is 0 Å². The maximum atomic E-state index is 12.6. The summed E-state index contributed by atoms with van der Waals surface area (Å²) in [6, 6.07) is 13.8. The van der Waals surface area contributed by atoms with Crippen LogP contribution in [0.15, 0.2) is 63.5 Å². The van der Waals surface area contributed by atoms with Crippen molar-refractivity contribution in [2.45, 2.75) is 27.6 Å². The van der Waals surface area contributed by atoms with E-state index in [1.54, 1.807) is 48.1 Å². The monoisotopic (exact) mass is 360 g/mol. The maximum Gasteiger partial charge on any atom is 0.209 e. The van der Waals surface area contributed by atoms with Gasteiger partial charge in [-0.1, -0.05) is 41.6 Å². The largest absolute Gasteiger partial charge is 0.224 e. The zero-order valence-corrected chi connectivity index (χ0v) is 14.9. The van der Waals surface area contributed by atoms with E-state index in [-0.39, 0.29) is 0 Å². The van der Waals surface area contributed by atoms with Gasteiger partial charge in [-0.25, -0.2) is 13.1 Å². The normalized spacial score (nSPS) is 11.6. The van der Waals surface area contributed by atoms with E-state index < -0.39 is 9.84 Å². The quantitative estimate of drug-likeness (QED) is 0.651. The Balaban J connectivity index is 1.76. The Labute approximate surface area is 144 Å². The fraction of sp³-hybridized carbons (Fsp3) is 0.188. The number of sulfone groups is 1. The molecule has 0 saturated heterocycles. The summed E-state index contributed by atoms with van der Waals surface area (Å²) in [7, 11) is -1.70. The Morgan fingerprint density at radius 2 is 1.58 bits per heavy atom. The van der Waals surface area contributed by atoms with Gasteiger partial charge in [0, 0.05) is 12.8 Å². The molecule has 0 N–H and O–H groups in total. The molecule has 1 aromatic heterocycles. The number of hydrogen-bond donors (Lipinski definition) is 0. The Hall–Kier alpha value is -2.19. The van der Waals surface area contributed by atoms with Gasteiger partial charge in [-0.05, 0) is 47.2 Å². The highest BCUT2D eigenvalue weighted by atomic mass is 32.2. The second-order valence-corrected chi connectivity index (χ2v) is 8.23. The van der Waals surface area contributed by atoms with E-state index in [0.29, 0.717) is 20.7 Å². The first-order chi connectivity index (χ1) is 11.5. The molecule has 0 spiro atoms. The highest BCUT2D eigenvalue weighted by molar-refractivity contribution is 7.98. The van der Waals surface area contributed by atoms with Crippen LogP contribution in [0, 0.1) is 6.92 Å². The molecule has 24 heavy (non-hydrogen) atoms. The van der Waals surface area contributed by atoms with Crippen LogP contribution in [0.4, 0.5) is 0 Å². The molecule has 124 valence electrons. The fourth-order valence-electron chi connectivity index (χ4n) is 2.11. The van der Waals surface area contributed by atoms with Crippen molar-refractivity contribution in [2.75, 3.05) is 0 Å². The van der Waals surface area contributed by atoms with Crippen LogP contribution < -0.4 is 0 Å². The molecule has 0 atom stereocenters. The Kier molecular flexibility index (Phi) is 4.68. The van der Waals surface area contributed by atoms with Crippen molar-refractivity contribution in [2.24, 2.45) is 7.05 Å². The molecule has 0 amide bonds. The van der Waals surface area contributed by atoms with Crippen molar-refractivity contribution in [3.8, 4) is 0 Å². The van der Waals surface area contributed by atoms with Crippen LogP contribution in [0.5, 0.6) is 0 Å². The van der Waals surface area contributed by atoms with Gasteiger partial charge < -0.3 is 0 Å². The predicted octanol–water partition coefficient (Wildman–Crippen LogP) is 2.64. The van der Waals surface area contributed by atoms with Crippen LogP contribution >= 0.6 is 11.8 Å². The predicted molar refractivity (Wildman–Crippen MR) is 91.4 cm³/mol. The van der Waals surface area contributed by atoms with Crippen LogP contribution in [-0.2, 0) is 22.6 Å².